The van der Waals surface area contributed by atoms with E-state index in [9.17, 15) is 9.59 Å². The zero-order valence-electron chi connectivity index (χ0n) is 16.8. The number of aromatic nitrogens is 2. The molecule has 1 saturated heterocycles. The Bertz CT molecular complexity index is 1010. The van der Waals surface area contributed by atoms with Gasteiger partial charge in [-0.3, -0.25) is 9.59 Å². The summed E-state index contributed by atoms with van der Waals surface area (Å²) in [5.41, 5.74) is 1.27. The zero-order valence-corrected chi connectivity index (χ0v) is 16.8. The SMILES string of the molecule is Cn1ccnc1COc1ccc(NC(=O)C2CCCN2C(=O)c2ccccc2)cc1. The minimum Gasteiger partial charge on any atom is -0.486 e. The Morgan fingerprint density at radius 3 is 2.60 bits per heavy atom. The third-order valence-electron chi connectivity index (χ3n) is 5.25. The zero-order chi connectivity index (χ0) is 20.9. The molecule has 1 N–H and O–H groups in total. The highest BCUT2D eigenvalue weighted by Gasteiger charge is 2.34. The first kappa shape index (κ1) is 19.7. The molecule has 3 aromatic rings. The molecule has 7 heteroatoms. The number of carbonyl (C=O) groups is 2. The van der Waals surface area contributed by atoms with Gasteiger partial charge in [-0.2, -0.15) is 0 Å². The van der Waals surface area contributed by atoms with Gasteiger partial charge >= 0.3 is 0 Å². The lowest BCUT2D eigenvalue weighted by Gasteiger charge is -2.24. The van der Waals surface area contributed by atoms with Gasteiger partial charge in [-0.15, -0.1) is 0 Å². The van der Waals surface area contributed by atoms with E-state index >= 15 is 0 Å². The summed E-state index contributed by atoms with van der Waals surface area (Å²) in [7, 11) is 1.92. The molecule has 1 aliphatic rings. The van der Waals surface area contributed by atoms with Gasteiger partial charge in [0.1, 0.15) is 24.2 Å². The van der Waals surface area contributed by atoms with E-state index in [0.29, 0.717) is 36.6 Å². The molecule has 0 bridgehead atoms. The van der Waals surface area contributed by atoms with Crippen LogP contribution in [0.5, 0.6) is 5.75 Å². The molecule has 2 amide bonds. The summed E-state index contributed by atoms with van der Waals surface area (Å²) < 4.78 is 7.64. The van der Waals surface area contributed by atoms with E-state index in [1.165, 1.54) is 0 Å². The van der Waals surface area contributed by atoms with Gasteiger partial charge in [0, 0.05) is 37.2 Å². The number of hydrogen-bond donors (Lipinski definition) is 1. The molecular formula is C23H24N4O3. The first-order valence-electron chi connectivity index (χ1n) is 9.98. The van der Waals surface area contributed by atoms with Crippen LogP contribution in [0, 0.1) is 0 Å². The van der Waals surface area contributed by atoms with Crippen LogP contribution in [0.1, 0.15) is 29.0 Å². The highest BCUT2D eigenvalue weighted by atomic mass is 16.5. The van der Waals surface area contributed by atoms with E-state index in [-0.39, 0.29) is 11.8 Å². The molecule has 1 unspecified atom stereocenters. The number of aryl methyl sites for hydroxylation is 1. The number of rotatable bonds is 6. The van der Waals surface area contributed by atoms with E-state index in [4.69, 9.17) is 4.74 Å². The minimum atomic E-state index is -0.461. The average Bonchev–Trinajstić information content (AvgIpc) is 3.42. The molecule has 1 atom stereocenters. The van der Waals surface area contributed by atoms with Crippen molar-refractivity contribution in [3.63, 3.8) is 0 Å². The van der Waals surface area contributed by atoms with Crippen molar-refractivity contribution in [1.82, 2.24) is 14.5 Å². The number of ether oxygens (including phenoxy) is 1. The van der Waals surface area contributed by atoms with Crippen LogP contribution in [0.3, 0.4) is 0 Å². The van der Waals surface area contributed by atoms with Crippen molar-refractivity contribution < 1.29 is 14.3 Å². The average molecular weight is 404 g/mol. The number of imidazole rings is 1. The largest absolute Gasteiger partial charge is 0.486 e. The first-order valence-corrected chi connectivity index (χ1v) is 9.98. The standard InChI is InChI=1S/C23H24N4O3/c1-26-15-13-24-21(26)16-30-19-11-9-18(10-12-19)25-22(28)20-8-5-14-27(20)23(29)17-6-3-2-4-7-17/h2-4,6-7,9-13,15,20H,5,8,14,16H2,1H3,(H,25,28). The second-order valence-electron chi connectivity index (χ2n) is 7.28. The van der Waals surface area contributed by atoms with Crippen molar-refractivity contribution in [2.45, 2.75) is 25.5 Å². The fraction of sp³-hybridized carbons (Fsp3) is 0.261. The predicted molar refractivity (Wildman–Crippen MR) is 113 cm³/mol. The van der Waals surface area contributed by atoms with Crippen molar-refractivity contribution in [2.24, 2.45) is 7.05 Å². The van der Waals surface area contributed by atoms with Gasteiger partial charge in [-0.05, 0) is 49.2 Å². The molecule has 30 heavy (non-hydrogen) atoms. The lowest BCUT2D eigenvalue weighted by Crippen LogP contribution is -2.43. The Balaban J connectivity index is 1.36. The van der Waals surface area contributed by atoms with Gasteiger partial charge in [-0.25, -0.2) is 4.98 Å². The molecule has 7 nitrogen and oxygen atoms in total. The fourth-order valence-corrected chi connectivity index (χ4v) is 3.57. The molecule has 1 aliphatic heterocycles. The van der Waals surface area contributed by atoms with Crippen LogP contribution in [-0.4, -0.2) is 38.9 Å². The minimum absolute atomic E-state index is 0.105. The topological polar surface area (TPSA) is 76.5 Å². The van der Waals surface area contributed by atoms with Gasteiger partial charge in [-0.1, -0.05) is 18.2 Å². The van der Waals surface area contributed by atoms with Crippen molar-refractivity contribution in [3.8, 4) is 5.75 Å². The van der Waals surface area contributed by atoms with Crippen LogP contribution in [0.4, 0.5) is 5.69 Å². The number of benzene rings is 2. The van der Waals surface area contributed by atoms with Crippen LogP contribution in [0.15, 0.2) is 67.0 Å². The van der Waals surface area contributed by atoms with Gasteiger partial charge in [0.15, 0.2) is 0 Å². The van der Waals surface area contributed by atoms with Crippen LogP contribution >= 0.6 is 0 Å². The molecule has 154 valence electrons. The predicted octanol–water partition coefficient (Wildman–Crippen LogP) is 3.24. The monoisotopic (exact) mass is 404 g/mol. The maximum atomic E-state index is 12.8. The molecule has 2 heterocycles. The van der Waals surface area contributed by atoms with Gasteiger partial charge in [0.25, 0.3) is 5.91 Å². The Hall–Kier alpha value is -3.61. The molecule has 0 spiro atoms. The van der Waals surface area contributed by atoms with Crippen molar-refractivity contribution in [3.05, 3.63) is 78.4 Å². The number of anilines is 1. The maximum Gasteiger partial charge on any atom is 0.254 e. The summed E-state index contributed by atoms with van der Waals surface area (Å²) >= 11 is 0. The molecule has 2 aromatic carbocycles. The van der Waals surface area contributed by atoms with E-state index in [1.807, 2.05) is 36.0 Å². The number of amides is 2. The van der Waals surface area contributed by atoms with Crippen molar-refractivity contribution in [2.75, 3.05) is 11.9 Å². The van der Waals surface area contributed by atoms with Crippen LogP contribution in [-0.2, 0) is 18.4 Å². The number of hydrogen-bond acceptors (Lipinski definition) is 4. The highest BCUT2D eigenvalue weighted by molar-refractivity contribution is 6.01. The lowest BCUT2D eigenvalue weighted by atomic mass is 10.1. The summed E-state index contributed by atoms with van der Waals surface area (Å²) in [6, 6.07) is 15.8. The molecule has 0 saturated carbocycles. The van der Waals surface area contributed by atoms with Crippen molar-refractivity contribution >= 4 is 17.5 Å². The summed E-state index contributed by atoms with van der Waals surface area (Å²) in [5, 5.41) is 2.92. The van der Waals surface area contributed by atoms with Gasteiger partial charge in [0.2, 0.25) is 5.91 Å². The Morgan fingerprint density at radius 1 is 1.13 bits per heavy atom. The van der Waals surface area contributed by atoms with Crippen molar-refractivity contribution in [1.29, 1.82) is 0 Å². The molecule has 0 radical (unpaired) electrons. The molecule has 1 aromatic heterocycles. The normalized spacial score (nSPS) is 15.8. The summed E-state index contributed by atoms with van der Waals surface area (Å²) in [6.45, 7) is 0.958. The fourth-order valence-electron chi connectivity index (χ4n) is 3.57. The Labute approximate surface area is 175 Å². The maximum absolute atomic E-state index is 12.8. The Morgan fingerprint density at radius 2 is 1.90 bits per heavy atom. The summed E-state index contributed by atoms with van der Waals surface area (Å²) in [5.74, 6) is 1.25. The number of likely N-dealkylation sites (tertiary alicyclic amines) is 1. The van der Waals surface area contributed by atoms with Gasteiger partial charge in [0.05, 0.1) is 0 Å². The van der Waals surface area contributed by atoms with Gasteiger partial charge < -0.3 is 19.5 Å². The van der Waals surface area contributed by atoms with Crippen LogP contribution in [0.25, 0.3) is 0 Å². The highest BCUT2D eigenvalue weighted by Crippen LogP contribution is 2.23. The second-order valence-corrected chi connectivity index (χ2v) is 7.28. The molecule has 4 rings (SSSR count). The second kappa shape index (κ2) is 8.82. The third-order valence-corrected chi connectivity index (χ3v) is 5.25. The number of nitrogens with zero attached hydrogens (tertiary/aromatic N) is 3. The Kier molecular flexibility index (Phi) is 5.79. The number of carbonyl (C=O) groups excluding carboxylic acids is 2. The molecule has 1 fully saturated rings. The third kappa shape index (κ3) is 4.35. The summed E-state index contributed by atoms with van der Waals surface area (Å²) in [6.07, 6.45) is 5.07. The summed E-state index contributed by atoms with van der Waals surface area (Å²) in [4.78, 5) is 31.5. The lowest BCUT2D eigenvalue weighted by molar-refractivity contribution is -0.119. The smallest absolute Gasteiger partial charge is 0.254 e. The quantitative estimate of drug-likeness (QED) is 0.684. The van der Waals surface area contributed by atoms with E-state index in [2.05, 4.69) is 10.3 Å². The van der Waals surface area contributed by atoms with Crippen LogP contribution in [0.2, 0.25) is 0 Å². The molecule has 0 aliphatic carbocycles. The number of nitrogens with one attached hydrogen (secondary N) is 1. The molecular weight excluding hydrogens is 380 g/mol. The van der Waals surface area contributed by atoms with E-state index < -0.39 is 6.04 Å². The first-order chi connectivity index (χ1) is 14.6. The van der Waals surface area contributed by atoms with E-state index in [0.717, 1.165) is 12.2 Å². The van der Waals surface area contributed by atoms with Crippen LogP contribution < -0.4 is 10.1 Å². The van der Waals surface area contributed by atoms with E-state index in [1.54, 1.807) is 47.5 Å².